The Morgan fingerprint density at radius 1 is 1.85 bits per heavy atom. The minimum Gasteiger partial charge on any atom is -0.339 e. The molecule has 0 spiro atoms. The summed E-state index contributed by atoms with van der Waals surface area (Å²) in [6.45, 7) is 1.84. The Bertz CT molecular complexity index is 270. The molecule has 0 aromatic carbocycles. The molecule has 1 rings (SSSR count). The molecule has 0 aromatic heterocycles. The Kier molecular flexibility index (Phi) is 2.69. The number of amides is 3. The minimum absolute atomic E-state index is 0.267. The standard InChI is InChI=1S/C7H10N4O2/c1-4(2-8)10-6(12)5-3-9-7(13)11-5/h4-5H,3H2,1H3,(H,10,12)(H2,9,11,13)/t4-,5+/m1/s1. The van der Waals surface area contributed by atoms with Crippen LogP contribution in [0, 0.1) is 11.3 Å². The highest BCUT2D eigenvalue weighted by Gasteiger charge is 2.27. The summed E-state index contributed by atoms with van der Waals surface area (Å²) >= 11 is 0. The van der Waals surface area contributed by atoms with E-state index in [1.807, 2.05) is 6.07 Å². The summed E-state index contributed by atoms with van der Waals surface area (Å²) in [5, 5.41) is 15.7. The summed E-state index contributed by atoms with van der Waals surface area (Å²) in [6, 6.07) is 0.405. The van der Waals surface area contributed by atoms with Crippen LogP contribution in [-0.2, 0) is 4.79 Å². The molecular weight excluding hydrogens is 172 g/mol. The number of nitrogens with one attached hydrogen (secondary N) is 3. The summed E-state index contributed by atoms with van der Waals surface area (Å²) in [7, 11) is 0. The summed E-state index contributed by atoms with van der Waals surface area (Å²) < 4.78 is 0. The van der Waals surface area contributed by atoms with E-state index in [0.717, 1.165) is 0 Å². The predicted octanol–water partition coefficient (Wildman–Crippen LogP) is -1.30. The predicted molar refractivity (Wildman–Crippen MR) is 43.5 cm³/mol. The number of nitrogens with zero attached hydrogens (tertiary/aromatic N) is 1. The average Bonchev–Trinajstić information content (AvgIpc) is 2.51. The molecule has 0 radical (unpaired) electrons. The zero-order chi connectivity index (χ0) is 9.84. The maximum Gasteiger partial charge on any atom is 0.315 e. The topological polar surface area (TPSA) is 94.0 Å². The van der Waals surface area contributed by atoms with Gasteiger partial charge < -0.3 is 16.0 Å². The second-order valence-electron chi connectivity index (χ2n) is 2.77. The lowest BCUT2D eigenvalue weighted by Crippen LogP contribution is -2.45. The fraction of sp³-hybridized carbons (Fsp3) is 0.571. The van der Waals surface area contributed by atoms with Gasteiger partial charge in [-0.15, -0.1) is 0 Å². The molecule has 1 saturated heterocycles. The van der Waals surface area contributed by atoms with Crippen LogP contribution < -0.4 is 16.0 Å². The minimum atomic E-state index is -0.566. The zero-order valence-corrected chi connectivity index (χ0v) is 7.13. The van der Waals surface area contributed by atoms with E-state index in [0.29, 0.717) is 0 Å². The van der Waals surface area contributed by atoms with Gasteiger partial charge in [0.25, 0.3) is 0 Å². The van der Waals surface area contributed by atoms with Crippen LogP contribution in [0.25, 0.3) is 0 Å². The van der Waals surface area contributed by atoms with E-state index >= 15 is 0 Å². The van der Waals surface area contributed by atoms with E-state index in [9.17, 15) is 9.59 Å². The fourth-order valence-corrected chi connectivity index (χ4v) is 0.960. The molecule has 0 aromatic rings. The first kappa shape index (κ1) is 9.32. The van der Waals surface area contributed by atoms with Gasteiger partial charge in [-0.25, -0.2) is 4.79 Å². The lowest BCUT2D eigenvalue weighted by Gasteiger charge is -2.10. The van der Waals surface area contributed by atoms with Gasteiger partial charge >= 0.3 is 6.03 Å². The van der Waals surface area contributed by atoms with Crippen LogP contribution in [0.3, 0.4) is 0 Å². The van der Waals surface area contributed by atoms with Gasteiger partial charge in [0.05, 0.1) is 6.07 Å². The third-order valence-corrected chi connectivity index (χ3v) is 1.64. The van der Waals surface area contributed by atoms with E-state index in [4.69, 9.17) is 5.26 Å². The van der Waals surface area contributed by atoms with Crippen molar-refractivity contribution in [1.29, 1.82) is 5.26 Å². The highest BCUT2D eigenvalue weighted by atomic mass is 16.2. The molecule has 6 heteroatoms. The molecule has 3 N–H and O–H groups in total. The summed E-state index contributed by atoms with van der Waals surface area (Å²) in [5.41, 5.74) is 0. The maximum absolute atomic E-state index is 11.2. The average molecular weight is 182 g/mol. The highest BCUT2D eigenvalue weighted by molar-refractivity contribution is 5.90. The van der Waals surface area contributed by atoms with Crippen LogP contribution in [0.5, 0.6) is 0 Å². The molecule has 70 valence electrons. The molecule has 0 saturated carbocycles. The molecule has 1 aliphatic rings. The van der Waals surface area contributed by atoms with E-state index < -0.39 is 12.1 Å². The quantitative estimate of drug-likeness (QED) is 0.495. The van der Waals surface area contributed by atoms with Crippen LogP contribution >= 0.6 is 0 Å². The Morgan fingerprint density at radius 3 is 3.00 bits per heavy atom. The van der Waals surface area contributed by atoms with Gasteiger partial charge in [-0.2, -0.15) is 5.26 Å². The molecule has 0 unspecified atom stereocenters. The number of hydrogen-bond acceptors (Lipinski definition) is 3. The largest absolute Gasteiger partial charge is 0.339 e. The van der Waals surface area contributed by atoms with Crippen LogP contribution in [0.15, 0.2) is 0 Å². The van der Waals surface area contributed by atoms with Crippen LogP contribution in [0.2, 0.25) is 0 Å². The summed E-state index contributed by atoms with van der Waals surface area (Å²) in [4.78, 5) is 21.9. The molecule has 13 heavy (non-hydrogen) atoms. The molecule has 3 amide bonds. The maximum atomic E-state index is 11.2. The Hall–Kier alpha value is -1.77. The van der Waals surface area contributed by atoms with E-state index in [1.165, 1.54) is 0 Å². The molecule has 1 fully saturated rings. The van der Waals surface area contributed by atoms with E-state index in [2.05, 4.69) is 16.0 Å². The molecule has 0 bridgehead atoms. The molecule has 0 aliphatic carbocycles. The lowest BCUT2D eigenvalue weighted by molar-refractivity contribution is -0.122. The van der Waals surface area contributed by atoms with Crippen molar-refractivity contribution >= 4 is 11.9 Å². The zero-order valence-electron chi connectivity index (χ0n) is 7.13. The van der Waals surface area contributed by atoms with Crippen LogP contribution in [-0.4, -0.2) is 30.6 Å². The first-order valence-corrected chi connectivity index (χ1v) is 3.88. The Labute approximate surface area is 75.3 Å². The number of urea groups is 1. The van der Waals surface area contributed by atoms with Gasteiger partial charge in [0, 0.05) is 6.54 Å². The van der Waals surface area contributed by atoms with Gasteiger partial charge in [0.15, 0.2) is 0 Å². The molecule has 2 atom stereocenters. The van der Waals surface area contributed by atoms with Gasteiger partial charge in [0.2, 0.25) is 5.91 Å². The normalized spacial score (nSPS) is 22.5. The van der Waals surface area contributed by atoms with Gasteiger partial charge in [0.1, 0.15) is 12.1 Å². The number of nitriles is 1. The third kappa shape index (κ3) is 2.33. The molecule has 1 heterocycles. The molecule has 6 nitrogen and oxygen atoms in total. The monoisotopic (exact) mass is 182 g/mol. The smallest absolute Gasteiger partial charge is 0.315 e. The van der Waals surface area contributed by atoms with Crippen molar-refractivity contribution in [2.24, 2.45) is 0 Å². The Balaban J connectivity index is 2.41. The SMILES string of the molecule is C[C@H](C#N)NC(=O)[C@@H]1CNC(=O)N1. The first-order valence-electron chi connectivity index (χ1n) is 3.88. The second kappa shape index (κ2) is 3.76. The van der Waals surface area contributed by atoms with Crippen molar-refractivity contribution in [3.05, 3.63) is 0 Å². The number of carbonyl (C=O) groups excluding carboxylic acids is 2. The fourth-order valence-electron chi connectivity index (χ4n) is 0.960. The van der Waals surface area contributed by atoms with Crippen molar-refractivity contribution in [2.45, 2.75) is 19.0 Å². The van der Waals surface area contributed by atoms with E-state index in [1.54, 1.807) is 6.92 Å². The number of hydrogen-bond donors (Lipinski definition) is 3. The highest BCUT2D eigenvalue weighted by Crippen LogP contribution is 1.91. The number of carbonyl (C=O) groups is 2. The third-order valence-electron chi connectivity index (χ3n) is 1.64. The van der Waals surface area contributed by atoms with E-state index in [-0.39, 0.29) is 18.5 Å². The second-order valence-corrected chi connectivity index (χ2v) is 2.77. The van der Waals surface area contributed by atoms with Crippen LogP contribution in [0.4, 0.5) is 4.79 Å². The lowest BCUT2D eigenvalue weighted by atomic mass is 10.2. The van der Waals surface area contributed by atoms with Gasteiger partial charge in [-0.3, -0.25) is 4.79 Å². The Morgan fingerprint density at radius 2 is 2.54 bits per heavy atom. The van der Waals surface area contributed by atoms with Crippen molar-refractivity contribution in [1.82, 2.24) is 16.0 Å². The van der Waals surface area contributed by atoms with Crippen LogP contribution in [0.1, 0.15) is 6.92 Å². The van der Waals surface area contributed by atoms with Crippen molar-refractivity contribution in [2.75, 3.05) is 6.54 Å². The van der Waals surface area contributed by atoms with Gasteiger partial charge in [-0.1, -0.05) is 0 Å². The van der Waals surface area contributed by atoms with Gasteiger partial charge in [-0.05, 0) is 6.92 Å². The van der Waals surface area contributed by atoms with Crippen molar-refractivity contribution in [3.8, 4) is 6.07 Å². The first-order chi connectivity index (χ1) is 6.13. The molecule has 1 aliphatic heterocycles. The number of rotatable bonds is 2. The summed E-state index contributed by atoms with van der Waals surface area (Å²) in [6.07, 6.45) is 0. The van der Waals surface area contributed by atoms with Crippen molar-refractivity contribution < 1.29 is 9.59 Å². The van der Waals surface area contributed by atoms with Crippen molar-refractivity contribution in [3.63, 3.8) is 0 Å². The summed E-state index contributed by atoms with van der Waals surface area (Å²) in [5.74, 6) is -0.340. The molecular formula is C7H10N4O2.